The minimum atomic E-state index is 0.282. The molecule has 18 heavy (non-hydrogen) atoms. The van der Waals surface area contributed by atoms with Crippen LogP contribution in [0.4, 0.5) is 0 Å². The molecule has 0 aromatic heterocycles. The van der Waals surface area contributed by atoms with Gasteiger partial charge in [-0.25, -0.2) is 0 Å². The molecule has 2 fully saturated rings. The monoisotopic (exact) mass is 250 g/mol. The number of amides is 1. The van der Waals surface area contributed by atoms with Gasteiger partial charge in [-0.3, -0.25) is 4.79 Å². The summed E-state index contributed by atoms with van der Waals surface area (Å²) in [5, 5.41) is 3.13. The van der Waals surface area contributed by atoms with Crippen LogP contribution in [0.25, 0.3) is 0 Å². The van der Waals surface area contributed by atoms with Crippen LogP contribution in [0.15, 0.2) is 12.7 Å². The molecule has 102 valence electrons. The fourth-order valence-electron chi connectivity index (χ4n) is 2.87. The first-order valence-electron chi connectivity index (χ1n) is 7.42. The van der Waals surface area contributed by atoms with Gasteiger partial charge in [0, 0.05) is 19.1 Å². The van der Waals surface area contributed by atoms with E-state index in [1.54, 1.807) is 6.08 Å². The summed E-state index contributed by atoms with van der Waals surface area (Å²) >= 11 is 0. The molecule has 1 N–H and O–H groups in total. The van der Waals surface area contributed by atoms with Gasteiger partial charge in [0.1, 0.15) is 0 Å². The first-order chi connectivity index (χ1) is 8.81. The Balaban J connectivity index is 1.79. The van der Waals surface area contributed by atoms with E-state index in [0.717, 1.165) is 12.5 Å². The first kappa shape index (κ1) is 13.6. The predicted octanol–water partition coefficient (Wildman–Crippen LogP) is 2.33. The number of hydrogen-bond acceptors (Lipinski definition) is 2. The summed E-state index contributed by atoms with van der Waals surface area (Å²) in [5.74, 6) is 1.03. The second-order valence-electron chi connectivity index (χ2n) is 5.70. The number of rotatable bonds is 7. The number of carbonyl (C=O) groups excluding carboxylic acids is 1. The Morgan fingerprint density at radius 1 is 1.22 bits per heavy atom. The Hall–Kier alpha value is -0.830. The van der Waals surface area contributed by atoms with Crippen LogP contribution in [0.3, 0.4) is 0 Å². The maximum Gasteiger partial charge on any atom is 0.236 e. The van der Waals surface area contributed by atoms with Crippen molar-refractivity contribution in [3.63, 3.8) is 0 Å². The van der Waals surface area contributed by atoms with Gasteiger partial charge in [-0.15, -0.1) is 6.58 Å². The molecule has 0 bridgehead atoms. The van der Waals surface area contributed by atoms with Gasteiger partial charge in [0.25, 0.3) is 0 Å². The van der Waals surface area contributed by atoms with Crippen LogP contribution in [-0.4, -0.2) is 36.5 Å². The van der Waals surface area contributed by atoms with Crippen LogP contribution in [-0.2, 0) is 4.79 Å². The lowest BCUT2D eigenvalue weighted by atomic mass is 9.89. The van der Waals surface area contributed by atoms with E-state index in [1.165, 1.54) is 44.9 Å². The lowest BCUT2D eigenvalue weighted by Gasteiger charge is -2.30. The SMILES string of the molecule is C=CCNCC(=O)N(CC1CCCCC1)C1CC1. The Bertz CT molecular complexity index is 280. The fourth-order valence-corrected chi connectivity index (χ4v) is 2.87. The van der Waals surface area contributed by atoms with Crippen LogP contribution in [0.1, 0.15) is 44.9 Å². The minimum absolute atomic E-state index is 0.282. The van der Waals surface area contributed by atoms with Crippen LogP contribution < -0.4 is 5.32 Å². The standard InChI is InChI=1S/C15H26N2O/c1-2-10-16-11-15(18)17(14-8-9-14)12-13-6-4-3-5-7-13/h2,13-14,16H,1,3-12H2. The van der Waals surface area contributed by atoms with Crippen molar-refractivity contribution in [2.45, 2.75) is 51.0 Å². The van der Waals surface area contributed by atoms with Crippen molar-refractivity contribution in [1.82, 2.24) is 10.2 Å². The lowest BCUT2D eigenvalue weighted by molar-refractivity contribution is -0.131. The van der Waals surface area contributed by atoms with Crippen molar-refractivity contribution in [1.29, 1.82) is 0 Å². The maximum absolute atomic E-state index is 12.2. The summed E-state index contributed by atoms with van der Waals surface area (Å²) in [6.45, 7) is 5.84. The fraction of sp³-hybridized carbons (Fsp3) is 0.800. The summed E-state index contributed by atoms with van der Waals surface area (Å²) in [5.41, 5.74) is 0. The highest BCUT2D eigenvalue weighted by atomic mass is 16.2. The lowest BCUT2D eigenvalue weighted by Crippen LogP contribution is -2.42. The van der Waals surface area contributed by atoms with E-state index in [2.05, 4.69) is 16.8 Å². The summed E-state index contributed by atoms with van der Waals surface area (Å²) in [6, 6.07) is 0.546. The normalized spacial score (nSPS) is 20.7. The van der Waals surface area contributed by atoms with E-state index in [1.807, 2.05) is 0 Å². The van der Waals surface area contributed by atoms with Gasteiger partial charge in [0.2, 0.25) is 5.91 Å². The Morgan fingerprint density at radius 3 is 2.56 bits per heavy atom. The van der Waals surface area contributed by atoms with Gasteiger partial charge in [-0.2, -0.15) is 0 Å². The van der Waals surface area contributed by atoms with E-state index in [4.69, 9.17) is 0 Å². The van der Waals surface area contributed by atoms with Crippen molar-refractivity contribution < 1.29 is 4.79 Å². The van der Waals surface area contributed by atoms with Gasteiger partial charge < -0.3 is 10.2 Å². The average molecular weight is 250 g/mol. The molecule has 0 heterocycles. The highest BCUT2D eigenvalue weighted by Crippen LogP contribution is 2.31. The quantitative estimate of drug-likeness (QED) is 0.555. The topological polar surface area (TPSA) is 32.3 Å². The van der Waals surface area contributed by atoms with E-state index < -0.39 is 0 Å². The maximum atomic E-state index is 12.2. The molecule has 0 saturated heterocycles. The van der Waals surface area contributed by atoms with E-state index in [9.17, 15) is 4.79 Å². The molecular formula is C15H26N2O. The third-order valence-corrected chi connectivity index (χ3v) is 4.05. The van der Waals surface area contributed by atoms with Crippen LogP contribution in [0.2, 0.25) is 0 Å². The second-order valence-corrected chi connectivity index (χ2v) is 5.70. The molecule has 0 aromatic carbocycles. The first-order valence-corrected chi connectivity index (χ1v) is 7.42. The number of nitrogens with zero attached hydrogens (tertiary/aromatic N) is 1. The number of nitrogens with one attached hydrogen (secondary N) is 1. The third-order valence-electron chi connectivity index (χ3n) is 4.05. The highest BCUT2D eigenvalue weighted by Gasteiger charge is 2.33. The average Bonchev–Trinajstić information content (AvgIpc) is 3.21. The Labute approximate surface area is 111 Å². The molecule has 3 nitrogen and oxygen atoms in total. The van der Waals surface area contributed by atoms with Crippen molar-refractivity contribution in [2.24, 2.45) is 5.92 Å². The van der Waals surface area contributed by atoms with Crippen LogP contribution >= 0.6 is 0 Å². The van der Waals surface area contributed by atoms with Crippen LogP contribution in [0, 0.1) is 5.92 Å². The molecule has 1 amide bonds. The van der Waals surface area contributed by atoms with Gasteiger partial charge >= 0.3 is 0 Å². The van der Waals surface area contributed by atoms with Crippen LogP contribution in [0.5, 0.6) is 0 Å². The van der Waals surface area contributed by atoms with E-state index >= 15 is 0 Å². The van der Waals surface area contributed by atoms with Crippen molar-refractivity contribution >= 4 is 5.91 Å². The molecule has 2 saturated carbocycles. The molecule has 0 aliphatic heterocycles. The molecular weight excluding hydrogens is 224 g/mol. The number of carbonyl (C=O) groups is 1. The zero-order valence-corrected chi connectivity index (χ0v) is 11.4. The molecule has 0 atom stereocenters. The molecule has 2 aliphatic rings. The van der Waals surface area contributed by atoms with E-state index in [-0.39, 0.29) is 5.91 Å². The van der Waals surface area contributed by atoms with Gasteiger partial charge in [-0.1, -0.05) is 25.3 Å². The molecule has 2 rings (SSSR count). The Kier molecular flexibility index (Phi) is 5.24. The molecule has 0 spiro atoms. The Morgan fingerprint density at radius 2 is 1.94 bits per heavy atom. The molecule has 0 unspecified atom stereocenters. The van der Waals surface area contributed by atoms with Gasteiger partial charge in [-0.05, 0) is 31.6 Å². The van der Waals surface area contributed by atoms with E-state index in [0.29, 0.717) is 19.1 Å². The zero-order chi connectivity index (χ0) is 12.8. The summed E-state index contributed by atoms with van der Waals surface area (Å²) in [7, 11) is 0. The summed E-state index contributed by atoms with van der Waals surface area (Å²) in [6.07, 6.45) is 10.9. The molecule has 0 aromatic rings. The van der Waals surface area contributed by atoms with Crippen molar-refractivity contribution in [3.8, 4) is 0 Å². The largest absolute Gasteiger partial charge is 0.338 e. The highest BCUT2D eigenvalue weighted by molar-refractivity contribution is 5.79. The molecule has 0 radical (unpaired) electrons. The smallest absolute Gasteiger partial charge is 0.236 e. The molecule has 2 aliphatic carbocycles. The molecule has 3 heteroatoms. The van der Waals surface area contributed by atoms with Crippen molar-refractivity contribution in [3.05, 3.63) is 12.7 Å². The second kappa shape index (κ2) is 6.93. The van der Waals surface area contributed by atoms with Gasteiger partial charge in [0.05, 0.1) is 6.54 Å². The zero-order valence-electron chi connectivity index (χ0n) is 11.4. The summed E-state index contributed by atoms with van der Waals surface area (Å²) in [4.78, 5) is 14.3. The third kappa shape index (κ3) is 4.13. The predicted molar refractivity (Wildman–Crippen MR) is 74.4 cm³/mol. The van der Waals surface area contributed by atoms with Gasteiger partial charge in [0.15, 0.2) is 0 Å². The number of hydrogen-bond donors (Lipinski definition) is 1. The van der Waals surface area contributed by atoms with Crippen molar-refractivity contribution in [2.75, 3.05) is 19.6 Å². The summed E-state index contributed by atoms with van der Waals surface area (Å²) < 4.78 is 0. The minimum Gasteiger partial charge on any atom is -0.338 e.